The van der Waals surface area contributed by atoms with Crippen molar-refractivity contribution in [2.75, 3.05) is 6.54 Å². The molecule has 2 unspecified atom stereocenters. The van der Waals surface area contributed by atoms with Crippen LogP contribution in [0.3, 0.4) is 0 Å². The SMILES string of the molecule is CC(C)CC(NCC(C)c1cccc(Cl)c1)C(=O)O. The number of hydrogen-bond donors (Lipinski definition) is 2. The zero-order valence-corrected chi connectivity index (χ0v) is 12.4. The predicted molar refractivity (Wildman–Crippen MR) is 78.7 cm³/mol. The quantitative estimate of drug-likeness (QED) is 0.805. The molecule has 2 N–H and O–H groups in total. The van der Waals surface area contributed by atoms with E-state index in [0.29, 0.717) is 23.9 Å². The van der Waals surface area contributed by atoms with Gasteiger partial charge in [-0.1, -0.05) is 44.5 Å². The minimum atomic E-state index is -0.785. The minimum Gasteiger partial charge on any atom is -0.480 e. The monoisotopic (exact) mass is 283 g/mol. The molecule has 0 amide bonds. The number of nitrogens with one attached hydrogen (secondary N) is 1. The lowest BCUT2D eigenvalue weighted by Crippen LogP contribution is -2.39. The standard InChI is InChI=1S/C15H22ClNO2/c1-10(2)7-14(15(18)19)17-9-11(3)12-5-4-6-13(16)8-12/h4-6,8,10-11,14,17H,7,9H2,1-3H3,(H,18,19). The number of rotatable bonds is 7. The third kappa shape index (κ3) is 5.62. The summed E-state index contributed by atoms with van der Waals surface area (Å²) >= 11 is 5.96. The average molecular weight is 284 g/mol. The fraction of sp³-hybridized carbons (Fsp3) is 0.533. The third-order valence-corrected chi connectivity index (χ3v) is 3.33. The molecule has 1 aromatic carbocycles. The first-order valence-corrected chi connectivity index (χ1v) is 6.99. The minimum absolute atomic E-state index is 0.229. The molecule has 1 rings (SSSR count). The highest BCUT2D eigenvalue weighted by atomic mass is 35.5. The summed E-state index contributed by atoms with van der Waals surface area (Å²) in [6, 6.07) is 7.20. The summed E-state index contributed by atoms with van der Waals surface area (Å²) < 4.78 is 0. The summed E-state index contributed by atoms with van der Waals surface area (Å²) in [5.74, 6) is -0.199. The van der Waals surface area contributed by atoms with E-state index in [1.165, 1.54) is 0 Å². The molecule has 0 fully saturated rings. The van der Waals surface area contributed by atoms with Crippen LogP contribution in [-0.4, -0.2) is 23.7 Å². The highest BCUT2D eigenvalue weighted by molar-refractivity contribution is 6.30. The maximum atomic E-state index is 11.2. The van der Waals surface area contributed by atoms with E-state index in [1.54, 1.807) is 0 Å². The van der Waals surface area contributed by atoms with Gasteiger partial charge in [-0.2, -0.15) is 0 Å². The van der Waals surface area contributed by atoms with Crippen LogP contribution in [0.1, 0.15) is 38.7 Å². The number of carbonyl (C=O) groups is 1. The molecule has 0 aliphatic rings. The summed E-state index contributed by atoms with van der Waals surface area (Å²) in [7, 11) is 0. The van der Waals surface area contributed by atoms with Crippen LogP contribution in [0.25, 0.3) is 0 Å². The van der Waals surface area contributed by atoms with Gasteiger partial charge in [0, 0.05) is 11.6 Å². The van der Waals surface area contributed by atoms with Crippen molar-refractivity contribution in [3.05, 3.63) is 34.9 Å². The van der Waals surface area contributed by atoms with Gasteiger partial charge in [0.05, 0.1) is 0 Å². The Morgan fingerprint density at radius 2 is 2.05 bits per heavy atom. The van der Waals surface area contributed by atoms with Gasteiger partial charge < -0.3 is 10.4 Å². The van der Waals surface area contributed by atoms with Crippen LogP contribution in [0.5, 0.6) is 0 Å². The molecule has 0 aliphatic carbocycles. The maximum Gasteiger partial charge on any atom is 0.320 e. The van der Waals surface area contributed by atoms with E-state index < -0.39 is 12.0 Å². The number of benzene rings is 1. The molecule has 3 nitrogen and oxygen atoms in total. The molecule has 106 valence electrons. The Morgan fingerprint density at radius 3 is 2.58 bits per heavy atom. The normalized spacial score (nSPS) is 14.4. The fourth-order valence-electron chi connectivity index (χ4n) is 1.99. The van der Waals surface area contributed by atoms with Crippen molar-refractivity contribution in [3.63, 3.8) is 0 Å². The van der Waals surface area contributed by atoms with Crippen molar-refractivity contribution in [3.8, 4) is 0 Å². The van der Waals surface area contributed by atoms with E-state index in [2.05, 4.69) is 12.2 Å². The van der Waals surface area contributed by atoms with Gasteiger partial charge in [-0.05, 0) is 36.0 Å². The molecule has 0 bridgehead atoms. The Morgan fingerprint density at radius 1 is 1.37 bits per heavy atom. The van der Waals surface area contributed by atoms with Crippen LogP contribution in [0.2, 0.25) is 5.02 Å². The molecule has 0 saturated heterocycles. The summed E-state index contributed by atoms with van der Waals surface area (Å²) in [6.07, 6.45) is 0.637. The first-order chi connectivity index (χ1) is 8.90. The van der Waals surface area contributed by atoms with Gasteiger partial charge in [0.1, 0.15) is 6.04 Å². The topological polar surface area (TPSA) is 49.3 Å². The molecule has 0 saturated carbocycles. The molecule has 4 heteroatoms. The number of aliphatic carboxylic acids is 1. The van der Waals surface area contributed by atoms with Gasteiger partial charge in [-0.15, -0.1) is 0 Å². The average Bonchev–Trinajstić information content (AvgIpc) is 2.33. The van der Waals surface area contributed by atoms with Crippen LogP contribution in [0.15, 0.2) is 24.3 Å². The lowest BCUT2D eigenvalue weighted by Gasteiger charge is -2.19. The summed E-state index contributed by atoms with van der Waals surface area (Å²) in [6.45, 7) is 6.74. The van der Waals surface area contributed by atoms with Crippen molar-refractivity contribution in [2.45, 2.75) is 39.2 Å². The maximum absolute atomic E-state index is 11.2. The summed E-state index contributed by atoms with van der Waals surface area (Å²) in [4.78, 5) is 11.2. The van der Waals surface area contributed by atoms with Crippen LogP contribution < -0.4 is 5.32 Å². The largest absolute Gasteiger partial charge is 0.480 e. The number of halogens is 1. The van der Waals surface area contributed by atoms with Gasteiger partial charge in [0.15, 0.2) is 0 Å². The van der Waals surface area contributed by atoms with Crippen LogP contribution in [-0.2, 0) is 4.79 Å². The summed E-state index contributed by atoms with van der Waals surface area (Å²) in [5.41, 5.74) is 1.12. The third-order valence-electron chi connectivity index (χ3n) is 3.09. The smallest absolute Gasteiger partial charge is 0.320 e. The lowest BCUT2D eigenvalue weighted by atomic mass is 9.99. The van der Waals surface area contributed by atoms with Crippen LogP contribution >= 0.6 is 11.6 Å². The van der Waals surface area contributed by atoms with E-state index in [-0.39, 0.29) is 5.92 Å². The molecule has 19 heavy (non-hydrogen) atoms. The van der Waals surface area contributed by atoms with Crippen molar-refractivity contribution in [2.24, 2.45) is 5.92 Å². The number of hydrogen-bond acceptors (Lipinski definition) is 2. The Hall–Kier alpha value is -1.06. The molecular weight excluding hydrogens is 262 g/mol. The summed E-state index contributed by atoms with van der Waals surface area (Å²) in [5, 5.41) is 13.0. The zero-order valence-electron chi connectivity index (χ0n) is 11.7. The first kappa shape index (κ1) is 16.0. The molecular formula is C15H22ClNO2. The second kappa shape index (κ2) is 7.51. The predicted octanol–water partition coefficient (Wildman–Crippen LogP) is 3.53. The Kier molecular flexibility index (Phi) is 6.32. The van der Waals surface area contributed by atoms with Crippen molar-refractivity contribution in [1.29, 1.82) is 0 Å². The molecule has 1 aromatic rings. The molecule has 0 aliphatic heterocycles. The Labute approximate surface area is 120 Å². The van der Waals surface area contributed by atoms with Crippen molar-refractivity contribution >= 4 is 17.6 Å². The second-order valence-electron chi connectivity index (χ2n) is 5.38. The van der Waals surface area contributed by atoms with E-state index in [4.69, 9.17) is 16.7 Å². The first-order valence-electron chi connectivity index (χ1n) is 6.61. The van der Waals surface area contributed by atoms with E-state index in [1.807, 2.05) is 38.1 Å². The van der Waals surface area contributed by atoms with Gasteiger partial charge in [-0.25, -0.2) is 0 Å². The van der Waals surface area contributed by atoms with Crippen molar-refractivity contribution in [1.82, 2.24) is 5.32 Å². The highest BCUT2D eigenvalue weighted by Gasteiger charge is 2.19. The second-order valence-corrected chi connectivity index (χ2v) is 5.82. The molecule has 2 atom stereocenters. The zero-order chi connectivity index (χ0) is 14.4. The Balaban J connectivity index is 2.56. The van der Waals surface area contributed by atoms with Crippen LogP contribution in [0.4, 0.5) is 0 Å². The van der Waals surface area contributed by atoms with Gasteiger partial charge >= 0.3 is 5.97 Å². The lowest BCUT2D eigenvalue weighted by molar-refractivity contribution is -0.139. The van der Waals surface area contributed by atoms with E-state index >= 15 is 0 Å². The van der Waals surface area contributed by atoms with Crippen LogP contribution in [0, 0.1) is 5.92 Å². The molecule has 0 radical (unpaired) electrons. The van der Waals surface area contributed by atoms with Gasteiger partial charge in [0.2, 0.25) is 0 Å². The van der Waals surface area contributed by atoms with Crippen molar-refractivity contribution < 1.29 is 9.90 Å². The van der Waals surface area contributed by atoms with Gasteiger partial charge in [0.25, 0.3) is 0 Å². The van der Waals surface area contributed by atoms with E-state index in [9.17, 15) is 4.79 Å². The number of carboxylic acid groups (broad SMARTS) is 1. The molecule has 0 spiro atoms. The van der Waals surface area contributed by atoms with Gasteiger partial charge in [-0.3, -0.25) is 4.79 Å². The van der Waals surface area contributed by atoms with E-state index in [0.717, 1.165) is 5.56 Å². The molecule has 0 heterocycles. The molecule has 0 aromatic heterocycles. The Bertz CT molecular complexity index is 420. The number of carboxylic acids is 1. The fourth-order valence-corrected chi connectivity index (χ4v) is 2.19. The highest BCUT2D eigenvalue weighted by Crippen LogP contribution is 2.19.